The number of carboxylic acid groups (broad SMARTS) is 1. The van der Waals surface area contributed by atoms with Crippen LogP contribution in [-0.4, -0.2) is 21.0 Å². The van der Waals surface area contributed by atoms with Crippen molar-refractivity contribution >= 4 is 17.3 Å². The summed E-state index contributed by atoms with van der Waals surface area (Å²) in [5, 5.41) is 9.73. The standard InChI is InChI=1S/C12H12N2O2S/c1-3-8-6-13-5-4-9(8)11-14-10(12(15)16)7(2)17-11/h4-6H,3H2,1-2H3,(H,15,16). The largest absolute Gasteiger partial charge is 0.476 e. The molecule has 0 spiro atoms. The molecule has 2 heterocycles. The Labute approximate surface area is 103 Å². The lowest BCUT2D eigenvalue weighted by atomic mass is 10.1. The highest BCUT2D eigenvalue weighted by Gasteiger charge is 2.16. The van der Waals surface area contributed by atoms with Gasteiger partial charge in [0.15, 0.2) is 5.69 Å². The minimum absolute atomic E-state index is 0.142. The van der Waals surface area contributed by atoms with E-state index in [-0.39, 0.29) is 5.69 Å². The predicted octanol–water partition coefficient (Wildman–Crippen LogP) is 2.77. The van der Waals surface area contributed by atoms with Crippen molar-refractivity contribution in [2.24, 2.45) is 0 Å². The van der Waals surface area contributed by atoms with Crippen LogP contribution in [0.2, 0.25) is 0 Å². The molecular weight excluding hydrogens is 236 g/mol. The van der Waals surface area contributed by atoms with E-state index in [1.807, 2.05) is 13.0 Å². The van der Waals surface area contributed by atoms with Gasteiger partial charge in [-0.15, -0.1) is 11.3 Å². The van der Waals surface area contributed by atoms with Crippen LogP contribution < -0.4 is 0 Å². The lowest BCUT2D eigenvalue weighted by Gasteiger charge is -2.02. The number of aromatic nitrogens is 2. The molecule has 0 saturated heterocycles. The molecule has 0 aliphatic rings. The Kier molecular flexibility index (Phi) is 3.19. The molecule has 0 saturated carbocycles. The average molecular weight is 248 g/mol. The van der Waals surface area contributed by atoms with Crippen LogP contribution in [0.15, 0.2) is 18.5 Å². The van der Waals surface area contributed by atoms with Crippen molar-refractivity contribution in [1.82, 2.24) is 9.97 Å². The number of rotatable bonds is 3. The highest BCUT2D eigenvalue weighted by atomic mass is 32.1. The SMILES string of the molecule is CCc1cnccc1-c1nc(C(=O)O)c(C)s1. The van der Waals surface area contributed by atoms with Crippen LogP contribution in [0.5, 0.6) is 0 Å². The van der Waals surface area contributed by atoms with Crippen molar-refractivity contribution in [3.63, 3.8) is 0 Å². The fourth-order valence-corrected chi connectivity index (χ4v) is 2.59. The van der Waals surface area contributed by atoms with Gasteiger partial charge in [0.25, 0.3) is 0 Å². The molecule has 2 rings (SSSR count). The molecule has 0 aliphatic carbocycles. The summed E-state index contributed by atoms with van der Waals surface area (Å²) >= 11 is 1.41. The molecule has 88 valence electrons. The summed E-state index contributed by atoms with van der Waals surface area (Å²) in [4.78, 5) is 19.9. The van der Waals surface area contributed by atoms with Crippen molar-refractivity contribution in [3.8, 4) is 10.6 Å². The molecular formula is C12H12N2O2S. The molecule has 17 heavy (non-hydrogen) atoms. The first-order valence-electron chi connectivity index (χ1n) is 5.27. The van der Waals surface area contributed by atoms with E-state index < -0.39 is 5.97 Å². The Morgan fingerprint density at radius 2 is 2.29 bits per heavy atom. The molecule has 0 aliphatic heterocycles. The Morgan fingerprint density at radius 1 is 1.53 bits per heavy atom. The normalized spacial score (nSPS) is 10.5. The maximum absolute atomic E-state index is 11.0. The second kappa shape index (κ2) is 4.63. The van der Waals surface area contributed by atoms with Gasteiger partial charge in [0.2, 0.25) is 0 Å². The molecule has 5 heteroatoms. The Hall–Kier alpha value is -1.75. The number of hydrogen-bond donors (Lipinski definition) is 1. The van der Waals surface area contributed by atoms with Crippen molar-refractivity contribution in [2.75, 3.05) is 0 Å². The van der Waals surface area contributed by atoms with Crippen molar-refractivity contribution in [1.29, 1.82) is 0 Å². The Bertz CT molecular complexity index is 563. The van der Waals surface area contributed by atoms with Crippen LogP contribution in [-0.2, 0) is 6.42 Å². The van der Waals surface area contributed by atoms with Crippen molar-refractivity contribution < 1.29 is 9.90 Å². The first-order chi connectivity index (χ1) is 8.13. The molecule has 0 fully saturated rings. The summed E-state index contributed by atoms with van der Waals surface area (Å²) in [6.07, 6.45) is 4.35. The number of aryl methyl sites for hydroxylation is 2. The van der Waals surface area contributed by atoms with Gasteiger partial charge in [-0.25, -0.2) is 9.78 Å². The molecule has 0 atom stereocenters. The van der Waals surface area contributed by atoms with E-state index in [1.165, 1.54) is 11.3 Å². The maximum atomic E-state index is 11.0. The smallest absolute Gasteiger partial charge is 0.355 e. The van der Waals surface area contributed by atoms with Gasteiger partial charge < -0.3 is 5.11 Å². The zero-order chi connectivity index (χ0) is 12.4. The van der Waals surface area contributed by atoms with Crippen LogP contribution in [0.25, 0.3) is 10.6 Å². The van der Waals surface area contributed by atoms with Gasteiger partial charge in [-0.05, 0) is 25.0 Å². The average Bonchev–Trinajstić information content (AvgIpc) is 2.71. The van der Waals surface area contributed by atoms with E-state index in [2.05, 4.69) is 9.97 Å². The Balaban J connectivity index is 2.53. The molecule has 0 amide bonds. The summed E-state index contributed by atoms with van der Waals surface area (Å²) in [5.74, 6) is -0.975. The number of nitrogens with zero attached hydrogens (tertiary/aromatic N) is 2. The number of aromatic carboxylic acids is 1. The number of hydrogen-bond acceptors (Lipinski definition) is 4. The van der Waals surface area contributed by atoms with Crippen LogP contribution in [0.3, 0.4) is 0 Å². The minimum atomic E-state index is -0.975. The van der Waals surface area contributed by atoms with E-state index in [0.29, 0.717) is 0 Å². The van der Waals surface area contributed by atoms with E-state index in [1.54, 1.807) is 19.3 Å². The van der Waals surface area contributed by atoms with Gasteiger partial charge >= 0.3 is 5.97 Å². The van der Waals surface area contributed by atoms with Crippen molar-refractivity contribution in [3.05, 3.63) is 34.6 Å². The monoisotopic (exact) mass is 248 g/mol. The molecule has 0 unspecified atom stereocenters. The number of pyridine rings is 1. The third-order valence-corrected chi connectivity index (χ3v) is 3.52. The molecule has 2 aromatic rings. The number of carboxylic acids is 1. The van der Waals surface area contributed by atoms with Crippen LogP contribution >= 0.6 is 11.3 Å². The van der Waals surface area contributed by atoms with E-state index in [4.69, 9.17) is 5.11 Å². The van der Waals surface area contributed by atoms with Crippen molar-refractivity contribution in [2.45, 2.75) is 20.3 Å². The molecule has 2 aromatic heterocycles. The summed E-state index contributed by atoms with van der Waals surface area (Å²) in [7, 11) is 0. The molecule has 0 bridgehead atoms. The third-order valence-electron chi connectivity index (χ3n) is 2.51. The predicted molar refractivity (Wildman–Crippen MR) is 66.4 cm³/mol. The quantitative estimate of drug-likeness (QED) is 0.907. The van der Waals surface area contributed by atoms with E-state index in [0.717, 1.165) is 27.4 Å². The number of thiazole rings is 1. The van der Waals surface area contributed by atoms with Gasteiger partial charge in [0, 0.05) is 22.8 Å². The summed E-state index contributed by atoms with van der Waals surface area (Å²) in [6.45, 7) is 3.82. The highest BCUT2D eigenvalue weighted by Crippen LogP contribution is 2.29. The Morgan fingerprint density at radius 3 is 2.88 bits per heavy atom. The zero-order valence-corrected chi connectivity index (χ0v) is 10.4. The minimum Gasteiger partial charge on any atom is -0.476 e. The van der Waals surface area contributed by atoms with Crippen LogP contribution in [0, 0.1) is 6.92 Å². The molecule has 1 N–H and O–H groups in total. The van der Waals surface area contributed by atoms with Gasteiger partial charge in [-0.2, -0.15) is 0 Å². The highest BCUT2D eigenvalue weighted by molar-refractivity contribution is 7.15. The fourth-order valence-electron chi connectivity index (χ4n) is 1.63. The molecule has 0 aromatic carbocycles. The third kappa shape index (κ3) is 2.19. The summed E-state index contributed by atoms with van der Waals surface area (Å²) < 4.78 is 0. The first kappa shape index (κ1) is 11.7. The first-order valence-corrected chi connectivity index (χ1v) is 6.09. The summed E-state index contributed by atoms with van der Waals surface area (Å²) in [5.41, 5.74) is 2.20. The lowest BCUT2D eigenvalue weighted by molar-refractivity contribution is 0.0690. The molecule has 0 radical (unpaired) electrons. The van der Waals surface area contributed by atoms with Crippen LogP contribution in [0.1, 0.15) is 27.9 Å². The van der Waals surface area contributed by atoms with E-state index >= 15 is 0 Å². The second-order valence-electron chi connectivity index (χ2n) is 3.62. The summed E-state index contributed by atoms with van der Waals surface area (Å²) in [6, 6.07) is 1.88. The van der Waals surface area contributed by atoms with Gasteiger partial charge in [0.05, 0.1) is 0 Å². The zero-order valence-electron chi connectivity index (χ0n) is 9.60. The van der Waals surface area contributed by atoms with Gasteiger partial charge in [-0.3, -0.25) is 4.98 Å². The molecule has 4 nitrogen and oxygen atoms in total. The maximum Gasteiger partial charge on any atom is 0.355 e. The van der Waals surface area contributed by atoms with Gasteiger partial charge in [-0.1, -0.05) is 6.92 Å². The fraction of sp³-hybridized carbons (Fsp3) is 0.250. The van der Waals surface area contributed by atoms with E-state index in [9.17, 15) is 4.79 Å². The topological polar surface area (TPSA) is 63.1 Å². The number of carbonyl (C=O) groups is 1. The van der Waals surface area contributed by atoms with Gasteiger partial charge in [0.1, 0.15) is 5.01 Å². The second-order valence-corrected chi connectivity index (χ2v) is 4.82. The lowest BCUT2D eigenvalue weighted by Crippen LogP contribution is -1.98. The van der Waals surface area contributed by atoms with Crippen LogP contribution in [0.4, 0.5) is 0 Å².